The van der Waals surface area contributed by atoms with Crippen molar-refractivity contribution >= 4 is 0 Å². The van der Waals surface area contributed by atoms with Crippen molar-refractivity contribution in [1.82, 2.24) is 0 Å². The summed E-state index contributed by atoms with van der Waals surface area (Å²) in [6, 6.07) is 5.47. The van der Waals surface area contributed by atoms with E-state index in [9.17, 15) is 13.2 Å². The van der Waals surface area contributed by atoms with Gasteiger partial charge < -0.3 is 5.73 Å². The quantitative estimate of drug-likeness (QED) is 0.866. The smallest absolute Gasteiger partial charge is 0.330 e. The first-order valence-corrected chi connectivity index (χ1v) is 5.87. The lowest BCUT2D eigenvalue weighted by Crippen LogP contribution is -2.33. The number of alkyl halides is 3. The van der Waals surface area contributed by atoms with Gasteiger partial charge in [-0.1, -0.05) is 12.1 Å². The van der Waals surface area contributed by atoms with Gasteiger partial charge in [0.15, 0.2) is 0 Å². The van der Waals surface area contributed by atoms with Crippen molar-refractivity contribution < 1.29 is 13.2 Å². The van der Waals surface area contributed by atoms with Gasteiger partial charge in [-0.05, 0) is 55.3 Å². The SMILES string of the molecule is NCC1CCC1Cc1ccc(C(F)(F)F)cc1. The first kappa shape index (κ1) is 12.4. The van der Waals surface area contributed by atoms with Gasteiger partial charge in [0, 0.05) is 0 Å². The monoisotopic (exact) mass is 243 g/mol. The van der Waals surface area contributed by atoms with Gasteiger partial charge in [0.1, 0.15) is 0 Å². The molecule has 1 aliphatic carbocycles. The molecule has 2 unspecified atom stereocenters. The highest BCUT2D eigenvalue weighted by Gasteiger charge is 2.31. The summed E-state index contributed by atoms with van der Waals surface area (Å²) >= 11 is 0. The van der Waals surface area contributed by atoms with E-state index in [0.717, 1.165) is 37.0 Å². The number of hydrogen-bond donors (Lipinski definition) is 1. The van der Waals surface area contributed by atoms with Gasteiger partial charge in [0.2, 0.25) is 0 Å². The van der Waals surface area contributed by atoms with E-state index >= 15 is 0 Å². The molecule has 1 nitrogen and oxygen atoms in total. The van der Waals surface area contributed by atoms with Crippen molar-refractivity contribution in [3.63, 3.8) is 0 Å². The number of hydrogen-bond acceptors (Lipinski definition) is 1. The molecule has 0 aromatic heterocycles. The standard InChI is InChI=1S/C13H16F3N/c14-13(15,16)12-5-1-9(2-6-12)7-10-3-4-11(10)8-17/h1-2,5-6,10-11H,3-4,7-8,17H2. The van der Waals surface area contributed by atoms with Crippen LogP contribution >= 0.6 is 0 Å². The largest absolute Gasteiger partial charge is 0.416 e. The number of rotatable bonds is 3. The number of halogens is 3. The van der Waals surface area contributed by atoms with E-state index in [4.69, 9.17) is 5.73 Å². The van der Waals surface area contributed by atoms with E-state index in [1.165, 1.54) is 0 Å². The average molecular weight is 243 g/mol. The fourth-order valence-corrected chi connectivity index (χ4v) is 2.35. The molecule has 2 N–H and O–H groups in total. The Morgan fingerprint density at radius 3 is 2.06 bits per heavy atom. The molecule has 17 heavy (non-hydrogen) atoms. The van der Waals surface area contributed by atoms with E-state index in [1.807, 2.05) is 0 Å². The molecule has 94 valence electrons. The number of benzene rings is 1. The van der Waals surface area contributed by atoms with Crippen LogP contribution < -0.4 is 5.73 Å². The van der Waals surface area contributed by atoms with Crippen LogP contribution in [0, 0.1) is 11.8 Å². The molecule has 0 heterocycles. The van der Waals surface area contributed by atoms with Crippen LogP contribution in [-0.2, 0) is 12.6 Å². The molecule has 1 saturated carbocycles. The van der Waals surface area contributed by atoms with Crippen LogP contribution in [0.2, 0.25) is 0 Å². The van der Waals surface area contributed by atoms with Crippen molar-refractivity contribution in [2.75, 3.05) is 6.54 Å². The molecule has 2 rings (SSSR count). The third kappa shape index (κ3) is 2.80. The van der Waals surface area contributed by atoms with Gasteiger partial charge in [-0.15, -0.1) is 0 Å². The van der Waals surface area contributed by atoms with Gasteiger partial charge >= 0.3 is 6.18 Å². The van der Waals surface area contributed by atoms with E-state index < -0.39 is 11.7 Å². The minimum atomic E-state index is -4.24. The Morgan fingerprint density at radius 2 is 1.65 bits per heavy atom. The average Bonchev–Trinajstić information content (AvgIpc) is 2.24. The van der Waals surface area contributed by atoms with E-state index in [1.54, 1.807) is 12.1 Å². The zero-order valence-corrected chi connectivity index (χ0v) is 9.50. The van der Waals surface area contributed by atoms with Crippen molar-refractivity contribution in [1.29, 1.82) is 0 Å². The van der Waals surface area contributed by atoms with E-state index in [0.29, 0.717) is 18.4 Å². The lowest BCUT2D eigenvalue weighted by molar-refractivity contribution is -0.137. The minimum absolute atomic E-state index is 0.553. The summed E-state index contributed by atoms with van der Waals surface area (Å²) < 4.78 is 37.1. The van der Waals surface area contributed by atoms with E-state index in [-0.39, 0.29) is 0 Å². The van der Waals surface area contributed by atoms with Crippen LogP contribution in [0.25, 0.3) is 0 Å². The Balaban J connectivity index is 1.99. The summed E-state index contributed by atoms with van der Waals surface area (Å²) in [4.78, 5) is 0. The lowest BCUT2D eigenvalue weighted by Gasteiger charge is -2.36. The summed E-state index contributed by atoms with van der Waals surface area (Å²) in [5, 5.41) is 0. The van der Waals surface area contributed by atoms with Gasteiger partial charge in [-0.2, -0.15) is 13.2 Å². The molecule has 2 atom stereocenters. The fourth-order valence-electron chi connectivity index (χ4n) is 2.35. The Morgan fingerprint density at radius 1 is 1.06 bits per heavy atom. The first-order valence-electron chi connectivity index (χ1n) is 5.87. The molecule has 1 aromatic rings. The Kier molecular flexibility index (Phi) is 3.43. The highest BCUT2D eigenvalue weighted by molar-refractivity contribution is 5.25. The predicted molar refractivity (Wildman–Crippen MR) is 60.4 cm³/mol. The minimum Gasteiger partial charge on any atom is -0.330 e. The molecule has 1 aromatic carbocycles. The Hall–Kier alpha value is -1.03. The zero-order valence-electron chi connectivity index (χ0n) is 9.50. The molecular formula is C13H16F3N. The molecule has 0 amide bonds. The summed E-state index contributed by atoms with van der Waals surface area (Å²) in [5.74, 6) is 1.11. The molecule has 1 aliphatic rings. The van der Waals surface area contributed by atoms with Gasteiger partial charge in [0.05, 0.1) is 5.56 Å². The zero-order chi connectivity index (χ0) is 12.5. The maximum Gasteiger partial charge on any atom is 0.416 e. The normalized spacial score (nSPS) is 24.5. The Labute approximate surface area is 98.8 Å². The van der Waals surface area contributed by atoms with Crippen molar-refractivity contribution in [3.8, 4) is 0 Å². The van der Waals surface area contributed by atoms with Gasteiger partial charge in [-0.25, -0.2) is 0 Å². The number of nitrogens with two attached hydrogens (primary N) is 1. The molecule has 0 bridgehead atoms. The van der Waals surface area contributed by atoms with Crippen LogP contribution in [0.4, 0.5) is 13.2 Å². The summed E-state index contributed by atoms with van der Waals surface area (Å²) in [6.45, 7) is 0.686. The highest BCUT2D eigenvalue weighted by Crippen LogP contribution is 2.36. The predicted octanol–water partition coefficient (Wildman–Crippen LogP) is 3.23. The molecule has 4 heteroatoms. The maximum absolute atomic E-state index is 12.4. The third-order valence-corrected chi connectivity index (χ3v) is 3.66. The highest BCUT2D eigenvalue weighted by atomic mass is 19.4. The first-order chi connectivity index (χ1) is 8.00. The van der Waals surface area contributed by atoms with Crippen molar-refractivity contribution in [3.05, 3.63) is 35.4 Å². The molecule has 0 radical (unpaired) electrons. The van der Waals surface area contributed by atoms with Crippen LogP contribution in [0.1, 0.15) is 24.0 Å². The fraction of sp³-hybridized carbons (Fsp3) is 0.538. The molecule has 1 fully saturated rings. The second-order valence-corrected chi connectivity index (χ2v) is 4.73. The third-order valence-electron chi connectivity index (χ3n) is 3.66. The lowest BCUT2D eigenvalue weighted by atomic mass is 9.71. The Bertz CT molecular complexity index is 367. The molecular weight excluding hydrogens is 227 g/mol. The topological polar surface area (TPSA) is 26.0 Å². The second-order valence-electron chi connectivity index (χ2n) is 4.73. The molecule has 0 aliphatic heterocycles. The summed E-state index contributed by atoms with van der Waals surface area (Å²) in [7, 11) is 0. The maximum atomic E-state index is 12.4. The molecule has 0 saturated heterocycles. The van der Waals surface area contributed by atoms with Crippen LogP contribution in [-0.4, -0.2) is 6.54 Å². The molecule has 0 spiro atoms. The van der Waals surface area contributed by atoms with Gasteiger partial charge in [0.25, 0.3) is 0 Å². The second kappa shape index (κ2) is 4.69. The van der Waals surface area contributed by atoms with Crippen LogP contribution in [0.5, 0.6) is 0 Å². The van der Waals surface area contributed by atoms with E-state index in [2.05, 4.69) is 0 Å². The summed E-state index contributed by atoms with van der Waals surface area (Å²) in [5.41, 5.74) is 6.01. The van der Waals surface area contributed by atoms with Crippen LogP contribution in [0.15, 0.2) is 24.3 Å². The van der Waals surface area contributed by atoms with Crippen LogP contribution in [0.3, 0.4) is 0 Å². The van der Waals surface area contributed by atoms with Crippen molar-refractivity contribution in [2.45, 2.75) is 25.4 Å². The summed E-state index contributed by atoms with van der Waals surface area (Å²) in [6.07, 6.45) is -1.10. The van der Waals surface area contributed by atoms with Crippen molar-refractivity contribution in [2.24, 2.45) is 17.6 Å². The van der Waals surface area contributed by atoms with Gasteiger partial charge in [-0.3, -0.25) is 0 Å².